The second-order valence-corrected chi connectivity index (χ2v) is 2.89. The highest BCUT2D eigenvalue weighted by Crippen LogP contribution is 2.15. The molecule has 0 radical (unpaired) electrons. The maximum atomic E-state index is 11.0. The van der Waals surface area contributed by atoms with Crippen molar-refractivity contribution in [2.75, 3.05) is 38.7 Å². The first-order valence-corrected chi connectivity index (χ1v) is 5.61. The summed E-state index contributed by atoms with van der Waals surface area (Å²) in [6.07, 6.45) is 0. The van der Waals surface area contributed by atoms with Gasteiger partial charge in [0.2, 0.25) is 0 Å². The molecule has 0 aliphatic heterocycles. The van der Waals surface area contributed by atoms with Gasteiger partial charge in [-0.05, 0) is 0 Å². The first-order valence-electron chi connectivity index (χ1n) is 5.61. The quantitative estimate of drug-likeness (QED) is 0.505. The molecule has 0 saturated heterocycles. The van der Waals surface area contributed by atoms with E-state index in [1.807, 2.05) is 13.8 Å². The number of hydrogen-bond acceptors (Lipinski definition) is 6. The average Bonchev–Trinajstić information content (AvgIpc) is 2.38. The molecule has 1 aromatic carbocycles. The lowest BCUT2D eigenvalue weighted by molar-refractivity contribution is 0.151. The van der Waals surface area contributed by atoms with E-state index in [1.54, 1.807) is 0 Å². The van der Waals surface area contributed by atoms with Crippen LogP contribution in [0.2, 0.25) is 0 Å². The van der Waals surface area contributed by atoms with Crippen LogP contribution in [-0.4, -0.2) is 33.4 Å². The van der Waals surface area contributed by atoms with Crippen LogP contribution in [0.1, 0.15) is 13.8 Å². The molecule has 0 atom stereocenters. The van der Waals surface area contributed by atoms with Crippen molar-refractivity contribution < 1.29 is 9.47 Å². The zero-order valence-corrected chi connectivity index (χ0v) is 10.5. The average molecular weight is 244 g/mol. The van der Waals surface area contributed by atoms with Crippen LogP contribution in [0.3, 0.4) is 0 Å². The van der Waals surface area contributed by atoms with E-state index >= 15 is 0 Å². The topological polar surface area (TPSA) is 90.7 Å². The predicted molar refractivity (Wildman–Crippen MR) is 67.6 cm³/mol. The number of nitrogens with two attached hydrogens (primary N) is 1. The number of anilines is 1. The highest BCUT2D eigenvalue weighted by atomic mass is 16.5. The fourth-order valence-electron chi connectivity index (χ4n) is 1.16. The summed E-state index contributed by atoms with van der Waals surface area (Å²) in [5, 5.41) is 2.78. The Kier molecular flexibility index (Phi) is 8.00. The summed E-state index contributed by atoms with van der Waals surface area (Å²) in [5.74, 6) is 0.0961. The van der Waals surface area contributed by atoms with E-state index < -0.39 is 10.9 Å². The summed E-state index contributed by atoms with van der Waals surface area (Å²) >= 11 is 0. The fourth-order valence-corrected chi connectivity index (χ4v) is 1.16. The van der Waals surface area contributed by atoms with Crippen molar-refractivity contribution in [3.63, 3.8) is 0 Å². The molecule has 0 aromatic heterocycles. The zero-order valence-electron chi connectivity index (χ0n) is 10.5. The molecule has 1 aromatic rings. The molecule has 0 spiro atoms. The van der Waals surface area contributed by atoms with Crippen molar-refractivity contribution in [1.82, 2.24) is 0 Å². The lowest BCUT2D eigenvalue weighted by atomic mass is 10.2. The number of hydrogen-bond donors (Lipinski definition) is 2. The predicted octanol–water partition coefficient (Wildman–Crippen LogP) is -0.295. The third-order valence-corrected chi connectivity index (χ3v) is 1.88. The summed E-state index contributed by atoms with van der Waals surface area (Å²) in [5.41, 5.74) is 4.34. The maximum absolute atomic E-state index is 11.0. The van der Waals surface area contributed by atoms with Crippen molar-refractivity contribution in [2.24, 2.45) is 5.73 Å². The van der Waals surface area contributed by atoms with Gasteiger partial charge in [0, 0.05) is 13.1 Å². The summed E-state index contributed by atoms with van der Waals surface area (Å²) < 4.78 is 9.83. The van der Waals surface area contributed by atoms with Gasteiger partial charge >= 0.3 is 0 Å². The van der Waals surface area contributed by atoms with Crippen LogP contribution in [0.25, 0.3) is 0 Å². The van der Waals surface area contributed by atoms with Crippen molar-refractivity contribution in [3.8, 4) is 5.75 Å². The van der Waals surface area contributed by atoms with Gasteiger partial charge in [0.15, 0.2) is 5.75 Å². The second kappa shape index (κ2) is 8.72. The number of rotatable bonds is 7. The SMILES string of the molecule is CC.COc1c(NCCOCCN)c(=O)c1=O. The van der Waals surface area contributed by atoms with Gasteiger partial charge in [0.25, 0.3) is 10.9 Å². The van der Waals surface area contributed by atoms with E-state index in [9.17, 15) is 9.59 Å². The van der Waals surface area contributed by atoms with Crippen molar-refractivity contribution in [2.45, 2.75) is 13.8 Å². The molecular weight excluding hydrogens is 224 g/mol. The van der Waals surface area contributed by atoms with Crippen LogP contribution in [-0.2, 0) is 4.74 Å². The molecule has 0 amide bonds. The van der Waals surface area contributed by atoms with Crippen LogP contribution >= 0.6 is 0 Å². The van der Waals surface area contributed by atoms with Gasteiger partial charge in [-0.3, -0.25) is 9.59 Å². The Balaban J connectivity index is 0.00000121. The summed E-state index contributed by atoms with van der Waals surface area (Å²) in [7, 11) is 1.35. The van der Waals surface area contributed by atoms with Gasteiger partial charge < -0.3 is 20.5 Å². The van der Waals surface area contributed by atoms with Gasteiger partial charge in [-0.15, -0.1) is 0 Å². The summed E-state index contributed by atoms with van der Waals surface area (Å²) in [6.45, 7) is 5.81. The molecule has 1 rings (SSSR count). The molecule has 3 N–H and O–H groups in total. The van der Waals surface area contributed by atoms with Crippen LogP contribution < -0.4 is 26.6 Å². The number of ether oxygens (including phenoxy) is 2. The van der Waals surface area contributed by atoms with Crippen LogP contribution in [0, 0.1) is 0 Å². The Morgan fingerprint density at radius 3 is 2.35 bits per heavy atom. The third kappa shape index (κ3) is 4.16. The minimum Gasteiger partial charge on any atom is -0.491 e. The number of nitrogens with one attached hydrogen (secondary N) is 1. The van der Waals surface area contributed by atoms with E-state index in [4.69, 9.17) is 15.2 Å². The lowest BCUT2D eigenvalue weighted by Crippen LogP contribution is -2.36. The third-order valence-electron chi connectivity index (χ3n) is 1.88. The van der Waals surface area contributed by atoms with E-state index in [0.29, 0.717) is 26.3 Å². The molecule has 0 fully saturated rings. The molecule has 0 aliphatic carbocycles. The minimum absolute atomic E-state index is 0.0961. The van der Waals surface area contributed by atoms with E-state index in [-0.39, 0.29) is 11.4 Å². The van der Waals surface area contributed by atoms with Crippen molar-refractivity contribution in [1.29, 1.82) is 0 Å². The lowest BCUT2D eigenvalue weighted by Gasteiger charge is -2.11. The number of methoxy groups -OCH3 is 1. The standard InChI is InChI=1S/C9H14N2O4.C2H6/c1-14-9-6(7(12)8(9)13)11-3-5-15-4-2-10;1-2/h11H,2-5,10H2,1H3;1-2H3. The highest BCUT2D eigenvalue weighted by molar-refractivity contribution is 5.61. The van der Waals surface area contributed by atoms with E-state index in [0.717, 1.165) is 0 Å². The molecule has 0 unspecified atom stereocenters. The zero-order chi connectivity index (χ0) is 13.3. The highest BCUT2D eigenvalue weighted by Gasteiger charge is 2.20. The molecule has 17 heavy (non-hydrogen) atoms. The van der Waals surface area contributed by atoms with Crippen molar-refractivity contribution in [3.05, 3.63) is 20.4 Å². The first-order chi connectivity index (χ1) is 8.22. The van der Waals surface area contributed by atoms with E-state index in [2.05, 4.69) is 5.32 Å². The van der Waals surface area contributed by atoms with Gasteiger partial charge in [-0.25, -0.2) is 0 Å². The summed E-state index contributed by atoms with van der Waals surface area (Å²) in [4.78, 5) is 22.0. The van der Waals surface area contributed by atoms with Gasteiger partial charge in [0.1, 0.15) is 5.69 Å². The van der Waals surface area contributed by atoms with Gasteiger partial charge in [-0.2, -0.15) is 0 Å². The van der Waals surface area contributed by atoms with Gasteiger partial charge in [-0.1, -0.05) is 13.8 Å². The molecule has 0 heterocycles. The Labute approximate surface area is 100 Å². The Morgan fingerprint density at radius 2 is 1.82 bits per heavy atom. The van der Waals surface area contributed by atoms with Crippen LogP contribution in [0.15, 0.2) is 9.59 Å². The fraction of sp³-hybridized carbons (Fsp3) is 0.636. The first kappa shape index (κ1) is 15.6. The molecule has 98 valence electrons. The van der Waals surface area contributed by atoms with Crippen LogP contribution in [0.4, 0.5) is 5.69 Å². The van der Waals surface area contributed by atoms with Crippen molar-refractivity contribution >= 4 is 5.69 Å². The second-order valence-electron chi connectivity index (χ2n) is 2.89. The van der Waals surface area contributed by atoms with Gasteiger partial charge in [0.05, 0.1) is 20.3 Å². The molecule has 6 heteroatoms. The molecule has 0 aliphatic rings. The van der Waals surface area contributed by atoms with E-state index in [1.165, 1.54) is 7.11 Å². The Hall–Kier alpha value is -1.40. The largest absolute Gasteiger partial charge is 0.491 e. The minimum atomic E-state index is -0.581. The molecule has 0 bridgehead atoms. The Morgan fingerprint density at radius 1 is 1.18 bits per heavy atom. The monoisotopic (exact) mass is 244 g/mol. The van der Waals surface area contributed by atoms with Crippen LogP contribution in [0.5, 0.6) is 5.75 Å². The maximum Gasteiger partial charge on any atom is 0.271 e. The molecular formula is C11H20N2O4. The summed E-state index contributed by atoms with van der Waals surface area (Å²) in [6, 6.07) is 0. The molecule has 0 saturated carbocycles. The molecule has 6 nitrogen and oxygen atoms in total. The normalized spacial score (nSPS) is 9.65. The smallest absolute Gasteiger partial charge is 0.271 e. The Bertz CT molecular complexity index is 383.